The van der Waals surface area contributed by atoms with E-state index in [0.29, 0.717) is 37.2 Å². The molecule has 0 aromatic heterocycles. The van der Waals surface area contributed by atoms with Crippen LogP contribution in [0.2, 0.25) is 0 Å². The molecule has 4 rings (SSSR count). The molecule has 0 saturated heterocycles. The van der Waals surface area contributed by atoms with E-state index in [-0.39, 0.29) is 59.0 Å². The number of methoxy groups -OCH3 is 1. The number of hydrogen-bond acceptors (Lipinski definition) is 6. The quantitative estimate of drug-likeness (QED) is 0.561. The van der Waals surface area contributed by atoms with Crippen LogP contribution >= 0.6 is 0 Å². The highest BCUT2D eigenvalue weighted by Crippen LogP contribution is 2.66. The predicted octanol–water partition coefficient (Wildman–Crippen LogP) is 4.52. The van der Waals surface area contributed by atoms with E-state index >= 15 is 0 Å². The van der Waals surface area contributed by atoms with Crippen LogP contribution in [-0.4, -0.2) is 36.7 Å². The van der Waals surface area contributed by atoms with Crippen molar-refractivity contribution in [3.63, 3.8) is 0 Å². The van der Waals surface area contributed by atoms with Gasteiger partial charge < -0.3 is 9.47 Å². The van der Waals surface area contributed by atoms with Crippen molar-refractivity contribution in [3.05, 3.63) is 0 Å². The molecule has 0 amide bonds. The molecule has 0 aromatic rings. The molecule has 4 fully saturated rings. The van der Waals surface area contributed by atoms with Gasteiger partial charge in [-0.2, -0.15) is 0 Å². The average Bonchev–Trinajstić information content (AvgIpc) is 3.11. The minimum absolute atomic E-state index is 0.0444. The van der Waals surface area contributed by atoms with Gasteiger partial charge in [0.05, 0.1) is 7.11 Å². The van der Waals surface area contributed by atoms with Crippen LogP contribution in [-0.2, 0) is 28.7 Å². The Balaban J connectivity index is 1.56. The molecule has 0 radical (unpaired) electrons. The van der Waals surface area contributed by atoms with E-state index in [1.807, 2.05) is 0 Å². The van der Waals surface area contributed by atoms with Gasteiger partial charge in [-0.3, -0.25) is 19.2 Å². The smallest absolute Gasteiger partial charge is 0.305 e. The molecule has 4 aliphatic rings. The van der Waals surface area contributed by atoms with Crippen molar-refractivity contribution < 1.29 is 28.7 Å². The highest BCUT2D eigenvalue weighted by atomic mass is 16.5. The largest absolute Gasteiger partial charge is 0.469 e. The van der Waals surface area contributed by atoms with Gasteiger partial charge in [0, 0.05) is 37.5 Å². The Bertz CT molecular complexity index is 834. The molecular formula is C27H40O6. The number of carbonyl (C=O) groups excluding carboxylic acids is 4. The third-order valence-corrected chi connectivity index (χ3v) is 10.4. The maximum absolute atomic E-state index is 13.8. The number of carbonyl (C=O) groups is 4. The van der Waals surface area contributed by atoms with Gasteiger partial charge in [0.15, 0.2) is 0 Å². The first-order valence-corrected chi connectivity index (χ1v) is 12.8. The standard InChI is InChI=1S/C27H40O6/c1-15(6-9-24(31)32-5)19-7-8-20-25-21(14-23(30)27(19,20)4)26(3)11-10-18(33-16(2)28)12-17(26)13-22(25)29/h15,17-21,25H,6-14H2,1-5H3/t15-,17+,18-,19+,20-,21-,25+,26+,27-/m1/s1. The van der Waals surface area contributed by atoms with Crippen LogP contribution in [0, 0.1) is 46.3 Å². The minimum Gasteiger partial charge on any atom is -0.469 e. The zero-order valence-corrected chi connectivity index (χ0v) is 20.9. The van der Waals surface area contributed by atoms with Crippen molar-refractivity contribution in [2.24, 2.45) is 46.3 Å². The summed E-state index contributed by atoms with van der Waals surface area (Å²) in [4.78, 5) is 50.6. The summed E-state index contributed by atoms with van der Waals surface area (Å²) in [5, 5.41) is 0. The SMILES string of the molecule is COC(=O)CC[C@@H](C)[C@@H]1CC[C@@H]2[C@@H]3C(=O)C[C@@H]4C[C@H](OC(C)=O)CC[C@]4(C)[C@@H]3CC(=O)[C@@]21C. The molecule has 184 valence electrons. The van der Waals surface area contributed by atoms with Gasteiger partial charge >= 0.3 is 11.9 Å². The van der Waals surface area contributed by atoms with Crippen LogP contribution in [0.5, 0.6) is 0 Å². The van der Waals surface area contributed by atoms with E-state index in [2.05, 4.69) is 20.8 Å². The molecule has 4 saturated carbocycles. The van der Waals surface area contributed by atoms with E-state index in [1.54, 1.807) is 0 Å². The van der Waals surface area contributed by atoms with Crippen LogP contribution in [0.1, 0.15) is 85.5 Å². The van der Waals surface area contributed by atoms with E-state index in [1.165, 1.54) is 14.0 Å². The van der Waals surface area contributed by atoms with Crippen LogP contribution in [0.3, 0.4) is 0 Å². The van der Waals surface area contributed by atoms with Crippen LogP contribution in [0.15, 0.2) is 0 Å². The molecule has 0 aromatic carbocycles. The lowest BCUT2D eigenvalue weighted by molar-refractivity contribution is -0.172. The predicted molar refractivity (Wildman–Crippen MR) is 122 cm³/mol. The lowest BCUT2D eigenvalue weighted by Crippen LogP contribution is -2.60. The Hall–Kier alpha value is -1.72. The van der Waals surface area contributed by atoms with Crippen molar-refractivity contribution in [2.45, 2.75) is 91.6 Å². The molecule has 0 heterocycles. The second kappa shape index (κ2) is 8.81. The van der Waals surface area contributed by atoms with Gasteiger partial charge in [0.25, 0.3) is 0 Å². The number of fused-ring (bicyclic) bond motifs is 5. The van der Waals surface area contributed by atoms with Crippen molar-refractivity contribution in [2.75, 3.05) is 7.11 Å². The van der Waals surface area contributed by atoms with Gasteiger partial charge in [0.2, 0.25) is 0 Å². The Morgan fingerprint density at radius 1 is 1.09 bits per heavy atom. The van der Waals surface area contributed by atoms with Gasteiger partial charge in [-0.25, -0.2) is 0 Å². The lowest BCUT2D eigenvalue weighted by atomic mass is 9.43. The molecule has 9 atom stereocenters. The fourth-order valence-electron chi connectivity index (χ4n) is 8.55. The molecule has 0 bridgehead atoms. The fraction of sp³-hybridized carbons (Fsp3) is 0.852. The summed E-state index contributed by atoms with van der Waals surface area (Å²) < 4.78 is 10.3. The summed E-state index contributed by atoms with van der Waals surface area (Å²) in [6, 6.07) is 0. The average molecular weight is 461 g/mol. The molecule has 0 unspecified atom stereocenters. The topological polar surface area (TPSA) is 86.7 Å². The maximum Gasteiger partial charge on any atom is 0.305 e. The summed E-state index contributed by atoms with van der Waals surface area (Å²) in [5.74, 6) is 0.945. The summed E-state index contributed by atoms with van der Waals surface area (Å²) in [6.45, 7) is 7.99. The molecule has 0 N–H and O–H groups in total. The van der Waals surface area contributed by atoms with Gasteiger partial charge in [-0.1, -0.05) is 20.8 Å². The highest BCUT2D eigenvalue weighted by Gasteiger charge is 2.66. The second-order valence-corrected chi connectivity index (χ2v) is 11.8. The van der Waals surface area contributed by atoms with E-state index in [9.17, 15) is 19.2 Å². The monoisotopic (exact) mass is 460 g/mol. The van der Waals surface area contributed by atoms with Gasteiger partial charge in [-0.05, 0) is 73.5 Å². The summed E-state index contributed by atoms with van der Waals surface area (Å²) in [5.41, 5.74) is -0.536. The normalized spacial score (nSPS) is 43.2. The molecular weight excluding hydrogens is 420 g/mol. The lowest BCUT2D eigenvalue weighted by Gasteiger charge is -2.59. The first kappa shape index (κ1) is 24.4. The number of Topliss-reactive ketones (excluding diaryl/α,β-unsaturated/α-hetero) is 2. The molecule has 6 nitrogen and oxygen atoms in total. The number of esters is 2. The van der Waals surface area contributed by atoms with Crippen molar-refractivity contribution >= 4 is 23.5 Å². The van der Waals surface area contributed by atoms with Crippen molar-refractivity contribution in [1.82, 2.24) is 0 Å². The van der Waals surface area contributed by atoms with E-state index in [4.69, 9.17) is 9.47 Å². The molecule has 6 heteroatoms. The molecule has 0 aliphatic heterocycles. The first-order chi connectivity index (χ1) is 15.5. The van der Waals surface area contributed by atoms with Gasteiger partial charge in [0.1, 0.15) is 17.7 Å². The molecule has 4 aliphatic carbocycles. The fourth-order valence-corrected chi connectivity index (χ4v) is 8.55. The van der Waals surface area contributed by atoms with Crippen LogP contribution in [0.4, 0.5) is 0 Å². The summed E-state index contributed by atoms with van der Waals surface area (Å²) >= 11 is 0. The summed E-state index contributed by atoms with van der Waals surface area (Å²) in [6.07, 6.45) is 6.30. The number of ketones is 2. The Morgan fingerprint density at radius 2 is 1.82 bits per heavy atom. The molecule has 0 spiro atoms. The van der Waals surface area contributed by atoms with E-state index < -0.39 is 5.41 Å². The Labute approximate surface area is 197 Å². The maximum atomic E-state index is 13.8. The van der Waals surface area contributed by atoms with Crippen molar-refractivity contribution in [1.29, 1.82) is 0 Å². The minimum atomic E-state index is -0.482. The Morgan fingerprint density at radius 3 is 2.48 bits per heavy atom. The van der Waals surface area contributed by atoms with Crippen LogP contribution < -0.4 is 0 Å². The number of ether oxygens (including phenoxy) is 2. The highest BCUT2D eigenvalue weighted by molar-refractivity contribution is 5.92. The number of hydrogen-bond donors (Lipinski definition) is 0. The zero-order valence-electron chi connectivity index (χ0n) is 20.9. The second-order valence-electron chi connectivity index (χ2n) is 11.8. The molecule has 33 heavy (non-hydrogen) atoms. The van der Waals surface area contributed by atoms with Crippen LogP contribution in [0.25, 0.3) is 0 Å². The number of rotatable bonds is 5. The summed E-state index contributed by atoms with van der Waals surface area (Å²) in [7, 11) is 1.41. The first-order valence-electron chi connectivity index (χ1n) is 12.8. The van der Waals surface area contributed by atoms with Gasteiger partial charge in [-0.15, -0.1) is 0 Å². The third kappa shape index (κ3) is 3.95. The third-order valence-electron chi connectivity index (χ3n) is 10.4. The Kier molecular flexibility index (Phi) is 6.52. The zero-order chi connectivity index (χ0) is 24.1. The van der Waals surface area contributed by atoms with E-state index in [0.717, 1.165) is 32.1 Å². The van der Waals surface area contributed by atoms with Crippen molar-refractivity contribution in [3.8, 4) is 0 Å².